The Morgan fingerprint density at radius 1 is 0.957 bits per heavy atom. The number of carbonyl (C=O) groups is 2. The van der Waals surface area contributed by atoms with E-state index in [-0.39, 0.29) is 11.8 Å². The van der Waals surface area contributed by atoms with Crippen molar-refractivity contribution in [2.75, 3.05) is 10.6 Å². The van der Waals surface area contributed by atoms with Crippen molar-refractivity contribution in [1.82, 2.24) is 15.0 Å². The van der Waals surface area contributed by atoms with Gasteiger partial charge in [-0.2, -0.15) is 0 Å². The van der Waals surface area contributed by atoms with Gasteiger partial charge in [0.05, 0.1) is 5.56 Å². The van der Waals surface area contributed by atoms with Gasteiger partial charge < -0.3 is 10.6 Å². The average Bonchev–Trinajstić information content (AvgIpc) is 2.54. The lowest BCUT2D eigenvalue weighted by molar-refractivity contribution is -0.114. The van der Waals surface area contributed by atoms with Gasteiger partial charge in [-0.05, 0) is 24.3 Å². The Hall–Kier alpha value is -3.35. The summed E-state index contributed by atoms with van der Waals surface area (Å²) in [5, 5.41) is 5.42. The molecule has 7 nitrogen and oxygen atoms in total. The highest BCUT2D eigenvalue weighted by Crippen LogP contribution is 2.16. The minimum atomic E-state index is -0.315. The minimum Gasteiger partial charge on any atom is -0.326 e. The average molecular weight is 307 g/mol. The second kappa shape index (κ2) is 6.18. The molecule has 0 aliphatic rings. The quantitative estimate of drug-likeness (QED) is 0.773. The summed E-state index contributed by atoms with van der Waals surface area (Å²) in [6.45, 7) is 1.42. The number of carbonyl (C=O) groups excluding carboxylic acids is 2. The Kier molecular flexibility index (Phi) is 3.92. The zero-order chi connectivity index (χ0) is 16.2. The van der Waals surface area contributed by atoms with Gasteiger partial charge in [-0.1, -0.05) is 6.07 Å². The van der Waals surface area contributed by atoms with Crippen molar-refractivity contribution < 1.29 is 9.59 Å². The van der Waals surface area contributed by atoms with E-state index < -0.39 is 0 Å². The maximum atomic E-state index is 12.3. The molecule has 0 fully saturated rings. The molecule has 0 aliphatic heterocycles. The van der Waals surface area contributed by atoms with Crippen LogP contribution in [-0.4, -0.2) is 26.8 Å². The van der Waals surface area contributed by atoms with Crippen LogP contribution < -0.4 is 10.6 Å². The number of benzene rings is 1. The van der Waals surface area contributed by atoms with Crippen LogP contribution in [0.15, 0.2) is 48.9 Å². The smallest absolute Gasteiger partial charge is 0.257 e. The summed E-state index contributed by atoms with van der Waals surface area (Å²) in [5.74, 6) is -0.490. The van der Waals surface area contributed by atoms with E-state index in [1.807, 2.05) is 0 Å². The lowest BCUT2D eigenvalue weighted by atomic mass is 10.2. The molecule has 7 heteroatoms. The normalized spacial score (nSPS) is 10.3. The van der Waals surface area contributed by atoms with Crippen LogP contribution >= 0.6 is 0 Å². The van der Waals surface area contributed by atoms with E-state index in [1.165, 1.54) is 13.1 Å². The van der Waals surface area contributed by atoms with E-state index in [0.717, 1.165) is 0 Å². The minimum absolute atomic E-state index is 0.175. The molecule has 2 heterocycles. The predicted octanol–water partition coefficient (Wildman–Crippen LogP) is 2.24. The molecule has 1 aromatic carbocycles. The number of fused-ring (bicyclic) bond motifs is 1. The van der Waals surface area contributed by atoms with Crippen LogP contribution in [0.4, 0.5) is 11.4 Å². The highest BCUT2D eigenvalue weighted by atomic mass is 16.2. The number of nitrogens with zero attached hydrogens (tertiary/aromatic N) is 3. The summed E-state index contributed by atoms with van der Waals surface area (Å²) < 4.78 is 0. The fraction of sp³-hybridized carbons (Fsp3) is 0.0625. The van der Waals surface area contributed by atoms with E-state index in [1.54, 1.807) is 42.7 Å². The first-order chi connectivity index (χ1) is 11.1. The van der Waals surface area contributed by atoms with Gasteiger partial charge in [-0.25, -0.2) is 9.97 Å². The van der Waals surface area contributed by atoms with E-state index in [2.05, 4.69) is 25.6 Å². The highest BCUT2D eigenvalue weighted by molar-refractivity contribution is 6.05. The molecule has 0 bridgehead atoms. The van der Waals surface area contributed by atoms with Crippen LogP contribution in [0, 0.1) is 0 Å². The molecule has 3 aromatic rings. The third-order valence-electron chi connectivity index (χ3n) is 3.03. The van der Waals surface area contributed by atoms with Crippen molar-refractivity contribution >= 4 is 34.4 Å². The standard InChI is InChI=1S/C16H13N5O2/c1-10(22)20-12-3-2-4-13(8-12)21-16(23)11-7-14-15(19-9-11)18-6-5-17-14/h2-9H,1H3,(H,20,22)(H,21,23). The van der Waals surface area contributed by atoms with E-state index in [4.69, 9.17) is 0 Å². The van der Waals surface area contributed by atoms with Crippen LogP contribution in [0.5, 0.6) is 0 Å². The molecule has 0 aliphatic carbocycles. The molecule has 0 radical (unpaired) electrons. The lowest BCUT2D eigenvalue weighted by Crippen LogP contribution is -2.13. The SMILES string of the molecule is CC(=O)Nc1cccc(NC(=O)c2cnc3nccnc3c2)c1. The monoisotopic (exact) mass is 307 g/mol. The van der Waals surface area contributed by atoms with Crippen molar-refractivity contribution in [3.63, 3.8) is 0 Å². The van der Waals surface area contributed by atoms with Gasteiger partial charge in [-0.15, -0.1) is 0 Å². The van der Waals surface area contributed by atoms with Crippen LogP contribution in [0.3, 0.4) is 0 Å². The highest BCUT2D eigenvalue weighted by Gasteiger charge is 2.09. The summed E-state index contributed by atoms with van der Waals surface area (Å²) in [5.41, 5.74) is 2.59. The second-order valence-corrected chi connectivity index (χ2v) is 4.84. The lowest BCUT2D eigenvalue weighted by Gasteiger charge is -2.08. The summed E-state index contributed by atoms with van der Waals surface area (Å²) in [6.07, 6.45) is 4.54. The van der Waals surface area contributed by atoms with Gasteiger partial charge in [0.1, 0.15) is 5.52 Å². The Morgan fingerprint density at radius 2 is 1.70 bits per heavy atom. The fourth-order valence-corrected chi connectivity index (χ4v) is 2.06. The number of hydrogen-bond donors (Lipinski definition) is 2. The van der Waals surface area contributed by atoms with Crippen LogP contribution in [-0.2, 0) is 4.79 Å². The van der Waals surface area contributed by atoms with Gasteiger partial charge in [0.25, 0.3) is 5.91 Å². The molecule has 23 heavy (non-hydrogen) atoms. The Labute approximate surface area is 131 Å². The second-order valence-electron chi connectivity index (χ2n) is 4.84. The largest absolute Gasteiger partial charge is 0.326 e. The molecular weight excluding hydrogens is 294 g/mol. The van der Waals surface area contributed by atoms with Gasteiger partial charge in [0.15, 0.2) is 5.65 Å². The molecule has 2 N–H and O–H groups in total. The van der Waals surface area contributed by atoms with Crippen LogP contribution in [0.2, 0.25) is 0 Å². The van der Waals surface area contributed by atoms with Gasteiger partial charge >= 0.3 is 0 Å². The third-order valence-corrected chi connectivity index (χ3v) is 3.03. The number of pyridine rings is 1. The van der Waals surface area contributed by atoms with Crippen LogP contribution in [0.25, 0.3) is 11.2 Å². The molecule has 114 valence electrons. The van der Waals surface area contributed by atoms with E-state index in [9.17, 15) is 9.59 Å². The number of anilines is 2. The predicted molar refractivity (Wildman–Crippen MR) is 86.0 cm³/mol. The number of rotatable bonds is 3. The van der Waals surface area contributed by atoms with Crippen molar-refractivity contribution in [3.05, 3.63) is 54.5 Å². The molecule has 2 amide bonds. The van der Waals surface area contributed by atoms with Crippen molar-refractivity contribution in [1.29, 1.82) is 0 Å². The first-order valence-corrected chi connectivity index (χ1v) is 6.87. The summed E-state index contributed by atoms with van der Waals surface area (Å²) in [6, 6.07) is 8.52. The topological polar surface area (TPSA) is 96.9 Å². The number of nitrogens with one attached hydrogen (secondary N) is 2. The maximum absolute atomic E-state index is 12.3. The fourth-order valence-electron chi connectivity index (χ4n) is 2.06. The van der Waals surface area contributed by atoms with Crippen molar-refractivity contribution in [3.8, 4) is 0 Å². The Morgan fingerprint density at radius 3 is 2.48 bits per heavy atom. The summed E-state index contributed by atoms with van der Waals surface area (Å²) in [7, 11) is 0. The first-order valence-electron chi connectivity index (χ1n) is 6.87. The Bertz CT molecular complexity index is 894. The zero-order valence-electron chi connectivity index (χ0n) is 12.3. The number of amides is 2. The maximum Gasteiger partial charge on any atom is 0.257 e. The first kappa shape index (κ1) is 14.6. The van der Waals surface area contributed by atoms with Gasteiger partial charge in [-0.3, -0.25) is 14.6 Å². The molecule has 0 saturated heterocycles. The third kappa shape index (κ3) is 3.46. The summed E-state index contributed by atoms with van der Waals surface area (Å²) >= 11 is 0. The summed E-state index contributed by atoms with van der Waals surface area (Å²) in [4.78, 5) is 35.7. The van der Waals surface area contributed by atoms with Crippen molar-refractivity contribution in [2.45, 2.75) is 6.92 Å². The van der Waals surface area contributed by atoms with Crippen molar-refractivity contribution in [2.24, 2.45) is 0 Å². The Balaban J connectivity index is 1.81. The van der Waals surface area contributed by atoms with E-state index >= 15 is 0 Å². The number of hydrogen-bond acceptors (Lipinski definition) is 5. The van der Waals surface area contributed by atoms with Crippen LogP contribution in [0.1, 0.15) is 17.3 Å². The number of aromatic nitrogens is 3. The van der Waals surface area contributed by atoms with Gasteiger partial charge in [0.2, 0.25) is 5.91 Å². The zero-order valence-corrected chi connectivity index (χ0v) is 12.3. The molecule has 2 aromatic heterocycles. The molecular formula is C16H13N5O2. The van der Waals surface area contributed by atoms with E-state index in [0.29, 0.717) is 28.1 Å². The van der Waals surface area contributed by atoms with Gasteiger partial charge in [0, 0.05) is 36.9 Å². The molecule has 3 rings (SSSR count). The molecule has 0 unspecified atom stereocenters. The molecule has 0 saturated carbocycles. The molecule has 0 spiro atoms. The molecule has 0 atom stereocenters.